The predicted molar refractivity (Wildman–Crippen MR) is 139 cm³/mol. The zero-order valence-corrected chi connectivity index (χ0v) is 21.6. The van der Waals surface area contributed by atoms with Crippen molar-refractivity contribution in [3.63, 3.8) is 0 Å². The number of benzene rings is 2. The fourth-order valence-electron chi connectivity index (χ4n) is 4.41. The van der Waals surface area contributed by atoms with Crippen molar-refractivity contribution in [1.29, 1.82) is 0 Å². The lowest BCUT2D eigenvalue weighted by Crippen LogP contribution is -2.47. The molecule has 3 aromatic rings. The number of amides is 2. The number of rotatable bonds is 11. The number of hydrogen-bond acceptors (Lipinski definition) is 5. The van der Waals surface area contributed by atoms with Crippen LogP contribution in [-0.2, 0) is 28.7 Å². The first-order valence-corrected chi connectivity index (χ1v) is 12.9. The number of carbonyl (C=O) groups excluding carboxylic acids is 2. The van der Waals surface area contributed by atoms with Crippen LogP contribution in [0.1, 0.15) is 27.2 Å². The Hall–Kier alpha value is -3.63. The first-order valence-electron chi connectivity index (χ1n) is 12.9. The number of alkyl halides is 3. The van der Waals surface area contributed by atoms with Crippen LogP contribution in [0.2, 0.25) is 0 Å². The lowest BCUT2D eigenvalue weighted by molar-refractivity contribution is -0.137. The molecule has 1 aromatic heterocycles. The summed E-state index contributed by atoms with van der Waals surface area (Å²) in [6.45, 7) is 3.50. The van der Waals surface area contributed by atoms with E-state index in [1.54, 1.807) is 17.0 Å². The molecule has 0 N–H and O–H groups in total. The van der Waals surface area contributed by atoms with E-state index in [2.05, 4.69) is 4.90 Å². The molecule has 10 heteroatoms. The third kappa shape index (κ3) is 8.43. The van der Waals surface area contributed by atoms with Crippen molar-refractivity contribution in [2.24, 2.45) is 0 Å². The van der Waals surface area contributed by atoms with Crippen LogP contribution in [0.3, 0.4) is 0 Å². The van der Waals surface area contributed by atoms with Crippen LogP contribution in [0.25, 0.3) is 0 Å². The van der Waals surface area contributed by atoms with Crippen molar-refractivity contribution in [1.82, 2.24) is 14.7 Å². The van der Waals surface area contributed by atoms with Crippen LogP contribution in [0.15, 0.2) is 77.4 Å². The van der Waals surface area contributed by atoms with Gasteiger partial charge in [0.05, 0.1) is 31.6 Å². The number of nitrogens with zero attached hydrogens (tertiary/aromatic N) is 3. The van der Waals surface area contributed by atoms with Gasteiger partial charge in [0.15, 0.2) is 0 Å². The van der Waals surface area contributed by atoms with Crippen molar-refractivity contribution >= 4 is 11.8 Å². The Labute approximate surface area is 225 Å². The number of ether oxygens (including phenoxy) is 1. The number of carbonyl (C=O) groups is 2. The zero-order chi connectivity index (χ0) is 27.7. The summed E-state index contributed by atoms with van der Waals surface area (Å²) in [5, 5.41) is 0. The largest absolute Gasteiger partial charge is 0.467 e. The van der Waals surface area contributed by atoms with Crippen molar-refractivity contribution < 1.29 is 31.9 Å². The second-order valence-corrected chi connectivity index (χ2v) is 9.39. The Morgan fingerprint density at radius 2 is 1.67 bits per heavy atom. The molecule has 1 aliphatic rings. The predicted octanol–water partition coefficient (Wildman–Crippen LogP) is 4.34. The van der Waals surface area contributed by atoms with E-state index in [1.165, 1.54) is 23.3 Å². The van der Waals surface area contributed by atoms with E-state index in [4.69, 9.17) is 9.15 Å². The molecule has 39 heavy (non-hydrogen) atoms. The van der Waals surface area contributed by atoms with E-state index >= 15 is 0 Å². The summed E-state index contributed by atoms with van der Waals surface area (Å²) >= 11 is 0. The number of morpholine rings is 1. The van der Waals surface area contributed by atoms with Crippen LogP contribution in [0.5, 0.6) is 0 Å². The maximum Gasteiger partial charge on any atom is 0.416 e. The average Bonchev–Trinajstić information content (AvgIpc) is 3.47. The van der Waals surface area contributed by atoms with Crippen LogP contribution < -0.4 is 0 Å². The molecule has 0 radical (unpaired) electrons. The van der Waals surface area contributed by atoms with Crippen molar-refractivity contribution in [3.05, 3.63) is 95.4 Å². The van der Waals surface area contributed by atoms with Gasteiger partial charge in [-0.1, -0.05) is 36.4 Å². The van der Waals surface area contributed by atoms with E-state index in [0.29, 0.717) is 51.6 Å². The zero-order valence-electron chi connectivity index (χ0n) is 21.6. The third-order valence-corrected chi connectivity index (χ3v) is 6.63. The Balaban J connectivity index is 1.52. The van der Waals surface area contributed by atoms with Gasteiger partial charge in [-0.3, -0.25) is 14.5 Å². The Kier molecular flexibility index (Phi) is 9.78. The molecule has 0 bridgehead atoms. The van der Waals surface area contributed by atoms with Crippen LogP contribution in [0.4, 0.5) is 13.2 Å². The van der Waals surface area contributed by atoms with E-state index in [0.717, 1.165) is 17.7 Å². The van der Waals surface area contributed by atoms with Crippen molar-refractivity contribution in [3.8, 4) is 0 Å². The van der Waals surface area contributed by atoms with Crippen LogP contribution >= 0.6 is 0 Å². The summed E-state index contributed by atoms with van der Waals surface area (Å²) in [5.74, 6) is -0.339. The fraction of sp³-hybridized carbons (Fsp3) is 0.379. The first-order chi connectivity index (χ1) is 18.8. The van der Waals surface area contributed by atoms with Gasteiger partial charge in [0.25, 0.3) is 5.91 Å². The Morgan fingerprint density at radius 3 is 2.36 bits per heavy atom. The molecule has 1 saturated heterocycles. The summed E-state index contributed by atoms with van der Waals surface area (Å²) in [4.78, 5) is 32.1. The van der Waals surface area contributed by atoms with Gasteiger partial charge in [0.1, 0.15) is 12.3 Å². The van der Waals surface area contributed by atoms with Crippen LogP contribution in [-0.4, -0.2) is 79.0 Å². The van der Waals surface area contributed by atoms with Gasteiger partial charge in [-0.15, -0.1) is 0 Å². The molecule has 0 saturated carbocycles. The molecule has 7 nitrogen and oxygen atoms in total. The summed E-state index contributed by atoms with van der Waals surface area (Å²) < 4.78 is 50.8. The van der Waals surface area contributed by atoms with E-state index in [9.17, 15) is 22.8 Å². The van der Waals surface area contributed by atoms with Gasteiger partial charge in [-0.25, -0.2) is 0 Å². The molecular formula is C29H32F3N3O4. The van der Waals surface area contributed by atoms with Gasteiger partial charge in [0.2, 0.25) is 5.91 Å². The van der Waals surface area contributed by atoms with E-state index < -0.39 is 17.6 Å². The van der Waals surface area contributed by atoms with Crippen molar-refractivity contribution in [2.45, 2.75) is 19.1 Å². The average molecular weight is 544 g/mol. The minimum absolute atomic E-state index is 0.110. The molecule has 2 amide bonds. The smallest absolute Gasteiger partial charge is 0.416 e. The second-order valence-electron chi connectivity index (χ2n) is 9.39. The lowest BCUT2D eigenvalue weighted by Gasteiger charge is -2.31. The van der Waals surface area contributed by atoms with Gasteiger partial charge >= 0.3 is 6.18 Å². The molecule has 0 spiro atoms. The minimum Gasteiger partial charge on any atom is -0.467 e. The standard InChI is InChI=1S/C29H32F3N3O4/c30-29(31,32)25-9-4-8-24(20-25)28(37)35(14-13-33-15-18-38-19-16-33)22-27(36)34(21-26-10-5-17-39-26)12-11-23-6-2-1-3-7-23/h1-10,17,20H,11-16,18-19,21-22H2. The molecule has 2 aromatic carbocycles. The van der Waals surface area contributed by atoms with E-state index in [-0.39, 0.29) is 31.1 Å². The molecule has 1 aliphatic heterocycles. The molecule has 2 heterocycles. The Morgan fingerprint density at radius 1 is 0.897 bits per heavy atom. The SMILES string of the molecule is O=C(CN(CCN1CCOCC1)C(=O)c1cccc(C(F)(F)F)c1)N(CCc1ccccc1)Cc1ccco1. The molecule has 0 atom stereocenters. The first kappa shape index (κ1) is 28.4. The van der Waals surface area contributed by atoms with Gasteiger partial charge < -0.3 is 19.0 Å². The highest BCUT2D eigenvalue weighted by molar-refractivity contribution is 5.96. The maximum atomic E-state index is 13.6. The Bertz CT molecular complexity index is 1200. The second kappa shape index (κ2) is 13.4. The summed E-state index contributed by atoms with van der Waals surface area (Å²) in [6, 6.07) is 17.5. The number of hydrogen-bond donors (Lipinski definition) is 0. The van der Waals surface area contributed by atoms with Gasteiger partial charge in [-0.05, 0) is 42.3 Å². The van der Waals surface area contributed by atoms with Gasteiger partial charge in [-0.2, -0.15) is 13.2 Å². The quantitative estimate of drug-likeness (QED) is 0.360. The molecular weight excluding hydrogens is 511 g/mol. The number of halogens is 3. The summed E-state index contributed by atoms with van der Waals surface area (Å²) in [7, 11) is 0. The highest BCUT2D eigenvalue weighted by atomic mass is 19.4. The highest BCUT2D eigenvalue weighted by Crippen LogP contribution is 2.29. The topological polar surface area (TPSA) is 66.2 Å². The molecule has 4 rings (SSSR count). The molecule has 0 aliphatic carbocycles. The highest BCUT2D eigenvalue weighted by Gasteiger charge is 2.32. The van der Waals surface area contributed by atoms with Crippen LogP contribution in [0, 0.1) is 0 Å². The summed E-state index contributed by atoms with van der Waals surface area (Å²) in [5.41, 5.74) is 0.0375. The van der Waals surface area contributed by atoms with Gasteiger partial charge in [0, 0.05) is 38.3 Å². The molecule has 0 unspecified atom stereocenters. The number of furan rings is 1. The fourth-order valence-corrected chi connectivity index (χ4v) is 4.41. The summed E-state index contributed by atoms with van der Waals surface area (Å²) in [6.07, 6.45) is -2.45. The lowest BCUT2D eigenvalue weighted by atomic mass is 10.1. The molecule has 1 fully saturated rings. The maximum absolute atomic E-state index is 13.6. The minimum atomic E-state index is -4.58. The van der Waals surface area contributed by atoms with E-state index in [1.807, 2.05) is 30.3 Å². The molecule has 208 valence electrons. The normalized spacial score (nSPS) is 14.2. The van der Waals surface area contributed by atoms with Crippen molar-refractivity contribution in [2.75, 3.05) is 52.5 Å². The third-order valence-electron chi connectivity index (χ3n) is 6.63. The monoisotopic (exact) mass is 543 g/mol.